The van der Waals surface area contributed by atoms with E-state index < -0.39 is 0 Å². The molecule has 1 unspecified atom stereocenters. The van der Waals surface area contributed by atoms with Crippen LogP contribution in [-0.2, 0) is 4.43 Å². The summed E-state index contributed by atoms with van der Waals surface area (Å²) in [6.45, 7) is 9.13. The van der Waals surface area contributed by atoms with Gasteiger partial charge in [0.15, 0.2) is 0 Å². The van der Waals surface area contributed by atoms with Crippen molar-refractivity contribution in [2.75, 3.05) is 0 Å². The monoisotopic (exact) mass is 326 g/mol. The molecule has 0 heterocycles. The second-order valence-corrected chi connectivity index (χ2v) is 7.09. The van der Waals surface area contributed by atoms with Crippen LogP contribution in [0.4, 0.5) is 0 Å². The minimum atomic E-state index is 0.108. The molecule has 0 aromatic heterocycles. The quantitative estimate of drug-likeness (QED) is 0.205. The van der Waals surface area contributed by atoms with Gasteiger partial charge in [0.05, 0.1) is 5.60 Å². The van der Waals surface area contributed by atoms with Crippen molar-refractivity contribution < 1.29 is 4.43 Å². The lowest BCUT2D eigenvalue weighted by Crippen LogP contribution is -2.38. The minimum absolute atomic E-state index is 0.108. The number of rotatable bonds is 15. The van der Waals surface area contributed by atoms with Crippen LogP contribution in [0.15, 0.2) is 12.2 Å². The summed E-state index contributed by atoms with van der Waals surface area (Å²) in [6, 6.07) is 0. The van der Waals surface area contributed by atoms with Gasteiger partial charge in [0, 0.05) is 5.92 Å². The minimum Gasteiger partial charge on any atom is -0.422 e. The first kappa shape index (κ1) is 21.9. The van der Waals surface area contributed by atoms with E-state index in [1.54, 1.807) is 0 Å². The fourth-order valence-electron chi connectivity index (χ4n) is 3.55. The number of hydrogen-bond donors (Lipinski definition) is 0. The maximum Gasteiger partial charge on any atom is 0.146 e. The lowest BCUT2D eigenvalue weighted by atomic mass is 9.81. The van der Waals surface area contributed by atoms with Crippen molar-refractivity contribution in [2.45, 2.75) is 110 Å². The Bertz CT molecular complexity index is 250. The normalized spacial score (nSPS) is 14.0. The molecule has 0 aliphatic heterocycles. The summed E-state index contributed by atoms with van der Waals surface area (Å²) in [4.78, 5) is 0. The van der Waals surface area contributed by atoms with E-state index in [-0.39, 0.29) is 5.60 Å². The van der Waals surface area contributed by atoms with Crippen molar-refractivity contribution in [3.8, 4) is 0 Å². The van der Waals surface area contributed by atoms with Gasteiger partial charge < -0.3 is 4.43 Å². The fourth-order valence-corrected chi connectivity index (χ4v) is 4.43. The zero-order valence-electron chi connectivity index (χ0n) is 16.1. The zero-order chi connectivity index (χ0) is 16.7. The van der Waals surface area contributed by atoms with Gasteiger partial charge in [-0.25, -0.2) is 0 Å². The smallest absolute Gasteiger partial charge is 0.146 e. The van der Waals surface area contributed by atoms with Gasteiger partial charge in [-0.05, 0) is 32.1 Å². The predicted molar refractivity (Wildman–Crippen MR) is 104 cm³/mol. The van der Waals surface area contributed by atoms with E-state index in [1.807, 2.05) is 0 Å². The summed E-state index contributed by atoms with van der Waals surface area (Å²) >= 11 is 0. The molecule has 132 valence electrons. The predicted octanol–water partition coefficient (Wildman–Crippen LogP) is 5.96. The van der Waals surface area contributed by atoms with E-state index in [0.717, 1.165) is 23.3 Å². The van der Waals surface area contributed by atoms with Crippen LogP contribution in [0.1, 0.15) is 105 Å². The average Bonchev–Trinajstić information content (AvgIpc) is 2.56. The van der Waals surface area contributed by atoms with Gasteiger partial charge in [0.1, 0.15) is 10.5 Å². The van der Waals surface area contributed by atoms with Gasteiger partial charge in [0.2, 0.25) is 0 Å². The molecular weight excluding hydrogens is 284 g/mol. The van der Waals surface area contributed by atoms with Gasteiger partial charge in [-0.15, -0.1) is 0 Å². The maximum absolute atomic E-state index is 6.02. The van der Waals surface area contributed by atoms with Crippen LogP contribution in [0.3, 0.4) is 0 Å². The molecule has 0 aromatic rings. The molecule has 0 aliphatic carbocycles. The van der Waals surface area contributed by atoms with Crippen LogP contribution in [0.25, 0.3) is 0 Å². The molecule has 0 N–H and O–H groups in total. The fraction of sp³-hybridized carbons (Fsp3) is 0.900. The molecule has 0 saturated carbocycles. The Hall–Kier alpha value is -0.0831. The Balaban J connectivity index is 3.89. The van der Waals surface area contributed by atoms with Gasteiger partial charge in [-0.2, -0.15) is 0 Å². The molecule has 0 rings (SSSR count). The number of allylic oxidation sites excluding steroid dienone is 1. The van der Waals surface area contributed by atoms with Gasteiger partial charge in [-0.1, -0.05) is 84.8 Å². The molecule has 22 heavy (non-hydrogen) atoms. The Morgan fingerprint density at radius 2 is 1.41 bits per heavy atom. The molecule has 0 aromatic carbocycles. The van der Waals surface area contributed by atoms with E-state index >= 15 is 0 Å². The molecule has 1 nitrogen and oxygen atoms in total. The lowest BCUT2D eigenvalue weighted by Gasteiger charge is -2.37. The molecule has 0 spiro atoms. The van der Waals surface area contributed by atoms with E-state index in [2.05, 4.69) is 39.8 Å². The summed E-state index contributed by atoms with van der Waals surface area (Å²) in [7, 11) is 0.845. The largest absolute Gasteiger partial charge is 0.422 e. The first-order chi connectivity index (χ1) is 10.7. The van der Waals surface area contributed by atoms with Crippen LogP contribution in [0, 0.1) is 5.92 Å². The third-order valence-electron chi connectivity index (χ3n) is 5.31. The molecular formula is C20H42OSi. The van der Waals surface area contributed by atoms with E-state index in [0.29, 0.717) is 5.92 Å². The van der Waals surface area contributed by atoms with E-state index in [9.17, 15) is 0 Å². The third kappa shape index (κ3) is 8.52. The Kier molecular flexibility index (Phi) is 14.5. The second-order valence-electron chi connectivity index (χ2n) is 6.68. The Morgan fingerprint density at radius 3 is 1.86 bits per heavy atom. The highest BCUT2D eigenvalue weighted by Crippen LogP contribution is 2.32. The van der Waals surface area contributed by atoms with E-state index in [1.165, 1.54) is 64.2 Å². The van der Waals surface area contributed by atoms with Crippen molar-refractivity contribution in [3.63, 3.8) is 0 Å². The topological polar surface area (TPSA) is 9.23 Å². The molecule has 1 atom stereocenters. The van der Waals surface area contributed by atoms with Gasteiger partial charge in [-0.3, -0.25) is 0 Å². The number of hydrogen-bond acceptors (Lipinski definition) is 1. The molecule has 2 heteroatoms. The third-order valence-corrected chi connectivity index (χ3v) is 6.12. The molecule has 0 fully saturated rings. The molecule has 0 aliphatic rings. The van der Waals surface area contributed by atoms with Gasteiger partial charge >= 0.3 is 0 Å². The Labute approximate surface area is 143 Å². The van der Waals surface area contributed by atoms with Crippen molar-refractivity contribution in [1.82, 2.24) is 0 Å². The van der Waals surface area contributed by atoms with Crippen molar-refractivity contribution in [2.24, 2.45) is 5.92 Å². The zero-order valence-corrected chi connectivity index (χ0v) is 18.1. The summed E-state index contributed by atoms with van der Waals surface area (Å²) in [6.07, 6.45) is 20.8. The van der Waals surface area contributed by atoms with Crippen LogP contribution in [-0.4, -0.2) is 16.1 Å². The molecule has 0 bridgehead atoms. The standard InChI is InChI=1S/C20H42OSi/c1-5-9-10-11-12-13-14-15-16-17-18-19(6-2)20(7-3,8-4)21-22/h17-19H,5-16H2,1-4,22H3. The highest BCUT2D eigenvalue weighted by Gasteiger charge is 2.31. The van der Waals surface area contributed by atoms with Crippen LogP contribution in [0.5, 0.6) is 0 Å². The van der Waals surface area contributed by atoms with Gasteiger partial charge in [0.25, 0.3) is 0 Å². The first-order valence-electron chi connectivity index (χ1n) is 9.92. The van der Waals surface area contributed by atoms with Crippen LogP contribution in [0.2, 0.25) is 0 Å². The molecule has 0 radical (unpaired) electrons. The van der Waals surface area contributed by atoms with Crippen LogP contribution < -0.4 is 0 Å². The summed E-state index contributed by atoms with van der Waals surface area (Å²) < 4.78 is 6.02. The summed E-state index contributed by atoms with van der Waals surface area (Å²) in [5.74, 6) is 0.592. The SMILES string of the molecule is CCCCCCCCCCC=CC(CC)C(CC)(CC)O[SiH3]. The average molecular weight is 327 g/mol. The van der Waals surface area contributed by atoms with E-state index in [4.69, 9.17) is 4.43 Å². The highest BCUT2D eigenvalue weighted by atomic mass is 28.2. The number of unbranched alkanes of at least 4 members (excludes halogenated alkanes) is 8. The summed E-state index contributed by atoms with van der Waals surface area (Å²) in [5.41, 5.74) is 0.108. The highest BCUT2D eigenvalue weighted by molar-refractivity contribution is 5.98. The second kappa shape index (κ2) is 14.5. The maximum atomic E-state index is 6.02. The molecule has 0 amide bonds. The van der Waals surface area contributed by atoms with Crippen molar-refractivity contribution in [1.29, 1.82) is 0 Å². The van der Waals surface area contributed by atoms with Crippen LogP contribution >= 0.6 is 0 Å². The van der Waals surface area contributed by atoms with Crippen molar-refractivity contribution in [3.05, 3.63) is 12.2 Å². The first-order valence-corrected chi connectivity index (χ1v) is 10.7. The lowest BCUT2D eigenvalue weighted by molar-refractivity contribution is 0.0254. The summed E-state index contributed by atoms with van der Waals surface area (Å²) in [5, 5.41) is 0. The van der Waals surface area contributed by atoms with Crippen molar-refractivity contribution >= 4 is 10.5 Å². The Morgan fingerprint density at radius 1 is 0.864 bits per heavy atom. The molecule has 0 saturated heterocycles.